The number of benzene rings is 1. The van der Waals surface area contributed by atoms with Gasteiger partial charge in [-0.3, -0.25) is 4.68 Å². The third kappa shape index (κ3) is 2.64. The van der Waals surface area contributed by atoms with Crippen LogP contribution in [0.5, 0.6) is 0 Å². The fraction of sp³-hybridized carbons (Fsp3) is 0.250. The second kappa shape index (κ2) is 5.06. The number of hydrogen-bond acceptors (Lipinski definition) is 4. The van der Waals surface area contributed by atoms with E-state index in [9.17, 15) is 12.8 Å². The van der Waals surface area contributed by atoms with Gasteiger partial charge < -0.3 is 5.73 Å². The molecule has 2 N–H and O–H groups in total. The number of nitrogen functional groups attached to an aromatic ring is 1. The van der Waals surface area contributed by atoms with Crippen molar-refractivity contribution in [3.05, 3.63) is 40.4 Å². The lowest BCUT2D eigenvalue weighted by atomic mass is 10.3. The Morgan fingerprint density at radius 2 is 2.10 bits per heavy atom. The van der Waals surface area contributed by atoms with Crippen LogP contribution in [0.2, 0.25) is 5.15 Å². The average Bonchev–Trinajstić information content (AvgIpc) is 2.55. The number of aromatic nitrogens is 2. The summed E-state index contributed by atoms with van der Waals surface area (Å²) in [5.74, 6) is -1.28. The Hall–Kier alpha value is -1.60. The first-order chi connectivity index (χ1) is 9.22. The second-order valence-electron chi connectivity index (χ2n) is 4.43. The number of anilines is 1. The normalized spacial score (nSPS) is 11.8. The van der Waals surface area contributed by atoms with Crippen molar-refractivity contribution in [2.45, 2.75) is 17.6 Å². The van der Waals surface area contributed by atoms with Crippen molar-refractivity contribution in [1.29, 1.82) is 0 Å². The van der Waals surface area contributed by atoms with E-state index in [0.29, 0.717) is 11.3 Å². The largest absolute Gasteiger partial charge is 0.399 e. The molecule has 0 spiro atoms. The predicted molar refractivity (Wildman–Crippen MR) is 74.7 cm³/mol. The van der Waals surface area contributed by atoms with Gasteiger partial charge in [-0.05, 0) is 25.1 Å². The summed E-state index contributed by atoms with van der Waals surface area (Å²) in [4.78, 5) is -0.397. The Balaban J connectivity index is 2.46. The van der Waals surface area contributed by atoms with Crippen molar-refractivity contribution in [3.8, 4) is 0 Å². The molecular weight excluding hydrogens is 305 g/mol. The molecule has 8 heteroatoms. The van der Waals surface area contributed by atoms with Gasteiger partial charge in [-0.2, -0.15) is 5.10 Å². The van der Waals surface area contributed by atoms with Crippen LogP contribution in [0.15, 0.2) is 23.1 Å². The molecule has 0 aliphatic rings. The first-order valence-corrected chi connectivity index (χ1v) is 7.71. The topological polar surface area (TPSA) is 78.0 Å². The second-order valence-corrected chi connectivity index (χ2v) is 6.74. The zero-order valence-electron chi connectivity index (χ0n) is 10.9. The molecule has 1 aromatic carbocycles. The Bertz CT molecular complexity index is 771. The average molecular weight is 318 g/mol. The van der Waals surface area contributed by atoms with Crippen LogP contribution < -0.4 is 5.73 Å². The summed E-state index contributed by atoms with van der Waals surface area (Å²) >= 11 is 5.99. The highest BCUT2D eigenvalue weighted by atomic mass is 35.5. The van der Waals surface area contributed by atoms with Gasteiger partial charge in [0.25, 0.3) is 0 Å². The first-order valence-electron chi connectivity index (χ1n) is 5.68. The van der Waals surface area contributed by atoms with E-state index in [1.807, 2.05) is 0 Å². The van der Waals surface area contributed by atoms with Gasteiger partial charge in [-0.15, -0.1) is 0 Å². The van der Waals surface area contributed by atoms with Gasteiger partial charge in [-0.1, -0.05) is 11.6 Å². The molecule has 0 saturated carbocycles. The molecule has 0 aliphatic heterocycles. The number of nitrogens with two attached hydrogens (primary N) is 1. The van der Waals surface area contributed by atoms with Crippen LogP contribution in [0.4, 0.5) is 10.1 Å². The van der Waals surface area contributed by atoms with Gasteiger partial charge >= 0.3 is 0 Å². The summed E-state index contributed by atoms with van der Waals surface area (Å²) in [6, 6.07) is 3.47. The van der Waals surface area contributed by atoms with Crippen LogP contribution in [0.25, 0.3) is 0 Å². The van der Waals surface area contributed by atoms with Gasteiger partial charge in [0.15, 0.2) is 9.84 Å². The van der Waals surface area contributed by atoms with Crippen LogP contribution in [-0.4, -0.2) is 18.2 Å². The van der Waals surface area contributed by atoms with Crippen molar-refractivity contribution in [3.63, 3.8) is 0 Å². The summed E-state index contributed by atoms with van der Waals surface area (Å²) in [5, 5.41) is 4.26. The maximum absolute atomic E-state index is 13.7. The molecule has 0 saturated heterocycles. The molecule has 0 unspecified atom stereocenters. The Morgan fingerprint density at radius 3 is 2.60 bits per heavy atom. The molecule has 1 heterocycles. The van der Waals surface area contributed by atoms with Gasteiger partial charge in [0.05, 0.1) is 11.4 Å². The molecule has 2 aromatic rings. The van der Waals surface area contributed by atoms with Gasteiger partial charge in [0.1, 0.15) is 15.9 Å². The molecule has 0 fully saturated rings. The van der Waals surface area contributed by atoms with Crippen molar-refractivity contribution in [1.82, 2.24) is 9.78 Å². The summed E-state index contributed by atoms with van der Waals surface area (Å²) < 4.78 is 39.7. The van der Waals surface area contributed by atoms with Crippen LogP contribution in [0.1, 0.15) is 11.3 Å². The molecule has 5 nitrogen and oxygen atoms in total. The highest BCUT2D eigenvalue weighted by molar-refractivity contribution is 7.90. The van der Waals surface area contributed by atoms with Gasteiger partial charge in [-0.25, -0.2) is 12.8 Å². The zero-order valence-corrected chi connectivity index (χ0v) is 12.5. The minimum Gasteiger partial charge on any atom is -0.399 e. The summed E-state index contributed by atoms with van der Waals surface area (Å²) in [7, 11) is -2.25. The third-order valence-corrected chi connectivity index (χ3v) is 5.04. The van der Waals surface area contributed by atoms with E-state index >= 15 is 0 Å². The molecule has 0 bridgehead atoms. The van der Waals surface area contributed by atoms with Crippen LogP contribution in [-0.2, 0) is 22.6 Å². The molecule has 0 amide bonds. The lowest BCUT2D eigenvalue weighted by molar-refractivity contribution is 0.567. The predicted octanol–water partition coefficient (Wildman–Crippen LogP) is 2.08. The Morgan fingerprint density at radius 1 is 1.45 bits per heavy atom. The van der Waals surface area contributed by atoms with Crippen molar-refractivity contribution in [2.24, 2.45) is 7.05 Å². The van der Waals surface area contributed by atoms with Crippen LogP contribution in [0.3, 0.4) is 0 Å². The summed E-state index contributed by atoms with van der Waals surface area (Å²) in [5.41, 5.74) is 6.43. The summed E-state index contributed by atoms with van der Waals surface area (Å²) in [6.45, 7) is 1.65. The number of rotatable bonds is 3. The molecule has 1 aromatic heterocycles. The van der Waals surface area contributed by atoms with E-state index in [4.69, 9.17) is 17.3 Å². The van der Waals surface area contributed by atoms with Gasteiger partial charge in [0.2, 0.25) is 0 Å². The fourth-order valence-corrected chi connectivity index (χ4v) is 3.71. The number of halogens is 2. The van der Waals surface area contributed by atoms with E-state index in [0.717, 1.165) is 12.1 Å². The molecule has 20 heavy (non-hydrogen) atoms. The Kier molecular flexibility index (Phi) is 3.75. The molecular formula is C12H13ClFN3O2S. The highest BCUT2D eigenvalue weighted by Gasteiger charge is 2.24. The molecule has 0 aliphatic carbocycles. The lowest BCUT2D eigenvalue weighted by Gasteiger charge is -2.06. The van der Waals surface area contributed by atoms with Crippen LogP contribution in [0, 0.1) is 12.7 Å². The standard InChI is InChI=1S/C12H13ClFN3O2S/c1-7-9(12(13)17(2)16-7)6-20(18,19)11-4-3-8(15)5-10(11)14/h3-5H,6,15H2,1-2H3. The number of aryl methyl sites for hydroxylation is 2. The molecule has 2 rings (SSSR count). The van der Waals surface area contributed by atoms with Crippen LogP contribution >= 0.6 is 11.6 Å². The molecule has 0 radical (unpaired) electrons. The van der Waals surface area contributed by atoms with E-state index in [1.54, 1.807) is 14.0 Å². The smallest absolute Gasteiger partial charge is 0.185 e. The first kappa shape index (κ1) is 14.8. The van der Waals surface area contributed by atoms with E-state index in [2.05, 4.69) is 5.10 Å². The number of nitrogens with zero attached hydrogens (tertiary/aromatic N) is 2. The minimum absolute atomic E-state index is 0.164. The van der Waals surface area contributed by atoms with Gasteiger partial charge in [0, 0.05) is 18.3 Å². The van der Waals surface area contributed by atoms with Crippen molar-refractivity contribution < 1.29 is 12.8 Å². The van der Waals surface area contributed by atoms with Crippen molar-refractivity contribution >= 4 is 27.1 Å². The lowest BCUT2D eigenvalue weighted by Crippen LogP contribution is -2.08. The Labute approximate surface area is 121 Å². The zero-order chi connectivity index (χ0) is 15.1. The quantitative estimate of drug-likeness (QED) is 0.879. The fourth-order valence-electron chi connectivity index (χ4n) is 1.87. The van der Waals surface area contributed by atoms with E-state index in [1.165, 1.54) is 10.7 Å². The monoisotopic (exact) mass is 317 g/mol. The van der Waals surface area contributed by atoms with Crippen molar-refractivity contribution in [2.75, 3.05) is 5.73 Å². The maximum Gasteiger partial charge on any atom is 0.185 e. The minimum atomic E-state index is -3.86. The summed E-state index contributed by atoms with van der Waals surface area (Å²) in [6.07, 6.45) is 0. The maximum atomic E-state index is 13.7. The molecule has 0 atom stereocenters. The highest BCUT2D eigenvalue weighted by Crippen LogP contribution is 2.26. The van der Waals surface area contributed by atoms with E-state index in [-0.39, 0.29) is 10.8 Å². The number of sulfone groups is 1. The molecule has 108 valence electrons. The van der Waals surface area contributed by atoms with E-state index < -0.39 is 26.3 Å². The SMILES string of the molecule is Cc1nn(C)c(Cl)c1CS(=O)(=O)c1ccc(N)cc1F. The number of hydrogen-bond donors (Lipinski definition) is 1. The third-order valence-electron chi connectivity index (χ3n) is 2.90.